The molecule has 1 atom stereocenters. The number of rotatable bonds is 11. The Morgan fingerprint density at radius 1 is 1.29 bits per heavy atom. The summed E-state index contributed by atoms with van der Waals surface area (Å²) < 4.78 is 30.9. The highest BCUT2D eigenvalue weighted by molar-refractivity contribution is 5.84. The van der Waals surface area contributed by atoms with E-state index >= 15 is 0 Å². The molecule has 4 rings (SSSR count). The average Bonchev–Trinajstić information content (AvgIpc) is 3.58. The molecule has 1 aromatic heterocycles. The highest BCUT2D eigenvalue weighted by atomic mass is 19.1. The van der Waals surface area contributed by atoms with E-state index in [0.717, 1.165) is 6.54 Å². The van der Waals surface area contributed by atoms with Gasteiger partial charge in [-0.05, 0) is 38.2 Å². The summed E-state index contributed by atoms with van der Waals surface area (Å²) in [7, 11) is 3.07. The van der Waals surface area contributed by atoms with Crippen molar-refractivity contribution in [3.63, 3.8) is 0 Å². The van der Waals surface area contributed by atoms with E-state index in [2.05, 4.69) is 15.2 Å². The van der Waals surface area contributed by atoms with Crippen molar-refractivity contribution in [2.75, 3.05) is 45.8 Å². The van der Waals surface area contributed by atoms with Crippen LogP contribution in [-0.4, -0.2) is 61.3 Å². The molecule has 1 aromatic carbocycles. The Morgan fingerprint density at radius 2 is 2.06 bits per heavy atom. The number of likely N-dealkylation sites (tertiary alicyclic amines) is 1. The number of methoxy groups -OCH3 is 2. The lowest BCUT2D eigenvalue weighted by atomic mass is 9.81. The van der Waals surface area contributed by atoms with Gasteiger partial charge in [-0.2, -0.15) is 0 Å². The number of halogens is 1. The van der Waals surface area contributed by atoms with E-state index in [9.17, 15) is 9.18 Å². The third-order valence-corrected chi connectivity index (χ3v) is 6.56. The maximum absolute atomic E-state index is 14.3. The number of esters is 1. The zero-order valence-electron chi connectivity index (χ0n) is 20.1. The van der Waals surface area contributed by atoms with Gasteiger partial charge in [0, 0.05) is 57.7 Å². The summed E-state index contributed by atoms with van der Waals surface area (Å²) in [5, 5.41) is 3.30. The van der Waals surface area contributed by atoms with Gasteiger partial charge in [0.15, 0.2) is 6.29 Å². The van der Waals surface area contributed by atoms with E-state index in [1.165, 1.54) is 33.1 Å². The number of nitrogens with one attached hydrogen (secondary N) is 1. The van der Waals surface area contributed by atoms with E-state index in [0.29, 0.717) is 54.7 Å². The molecule has 0 amide bonds. The zero-order valence-corrected chi connectivity index (χ0v) is 20.1. The third-order valence-electron chi connectivity index (χ3n) is 6.56. The van der Waals surface area contributed by atoms with Gasteiger partial charge in [-0.3, -0.25) is 9.69 Å². The van der Waals surface area contributed by atoms with Gasteiger partial charge < -0.3 is 19.5 Å². The predicted octanol–water partition coefficient (Wildman–Crippen LogP) is 3.44. The van der Waals surface area contributed by atoms with Crippen molar-refractivity contribution in [2.45, 2.75) is 44.4 Å². The van der Waals surface area contributed by atoms with Crippen LogP contribution in [0.15, 0.2) is 30.5 Å². The van der Waals surface area contributed by atoms with Crippen LogP contribution >= 0.6 is 0 Å². The molecule has 1 saturated carbocycles. The minimum Gasteiger partial charge on any atom is -0.465 e. The molecule has 2 aromatic rings. The van der Waals surface area contributed by atoms with E-state index in [1.807, 2.05) is 6.07 Å². The molecule has 184 valence electrons. The largest absolute Gasteiger partial charge is 0.465 e. The van der Waals surface area contributed by atoms with Crippen LogP contribution in [0.5, 0.6) is 0 Å². The van der Waals surface area contributed by atoms with Crippen molar-refractivity contribution < 1.29 is 23.4 Å². The molecule has 2 fully saturated rings. The summed E-state index contributed by atoms with van der Waals surface area (Å²) in [6, 6.07) is 6.70. The van der Waals surface area contributed by atoms with E-state index in [-0.39, 0.29) is 18.4 Å². The van der Waals surface area contributed by atoms with Crippen molar-refractivity contribution >= 4 is 11.9 Å². The second-order valence-corrected chi connectivity index (χ2v) is 8.98. The van der Waals surface area contributed by atoms with Crippen molar-refractivity contribution in [1.29, 1.82) is 0 Å². The van der Waals surface area contributed by atoms with Crippen LogP contribution in [0.25, 0.3) is 0 Å². The summed E-state index contributed by atoms with van der Waals surface area (Å²) in [5.41, 5.74) is 0.653. The molecule has 1 N–H and O–H groups in total. The maximum atomic E-state index is 14.3. The standard InChI is InChI=1S/C25H33FN4O4/c1-4-34-23(31)25(11-12-30(16-25)15-18-7-5-6-8-20(18)26)21-19(22(32-2)33-3)14-28-24(29-21)27-13-17-9-10-17/h5-8,14,17,22H,4,9-13,15-16H2,1-3H3,(H,27,28,29). The second-order valence-electron chi connectivity index (χ2n) is 8.98. The van der Waals surface area contributed by atoms with E-state index in [4.69, 9.17) is 19.2 Å². The van der Waals surface area contributed by atoms with Gasteiger partial charge >= 0.3 is 5.97 Å². The number of ether oxygens (including phenoxy) is 3. The fourth-order valence-corrected chi connectivity index (χ4v) is 4.56. The smallest absolute Gasteiger partial charge is 0.319 e. The SMILES string of the molecule is CCOC(=O)C1(c2nc(NCC3CC3)ncc2C(OC)OC)CCN(Cc2ccccc2F)C1. The Morgan fingerprint density at radius 3 is 2.74 bits per heavy atom. The molecular formula is C25H33FN4O4. The van der Waals surface area contributed by atoms with Crippen LogP contribution in [0, 0.1) is 11.7 Å². The molecule has 1 aliphatic carbocycles. The Bertz CT molecular complexity index is 999. The topological polar surface area (TPSA) is 85.8 Å². The van der Waals surface area contributed by atoms with Gasteiger partial charge in [0.05, 0.1) is 12.3 Å². The number of carbonyl (C=O) groups excluding carboxylic acids is 1. The lowest BCUT2D eigenvalue weighted by Gasteiger charge is -2.30. The first-order valence-corrected chi connectivity index (χ1v) is 11.8. The van der Waals surface area contributed by atoms with E-state index in [1.54, 1.807) is 25.3 Å². The second kappa shape index (κ2) is 10.8. The summed E-state index contributed by atoms with van der Waals surface area (Å²) in [5.74, 6) is 0.487. The molecule has 2 heterocycles. The molecule has 0 spiro atoms. The Kier molecular flexibility index (Phi) is 7.75. The Labute approximate surface area is 199 Å². The predicted molar refractivity (Wildman–Crippen MR) is 125 cm³/mol. The number of carbonyl (C=O) groups is 1. The molecule has 1 saturated heterocycles. The van der Waals surface area contributed by atoms with Crippen LogP contribution in [0.2, 0.25) is 0 Å². The van der Waals surface area contributed by atoms with Crippen LogP contribution < -0.4 is 5.32 Å². The molecule has 1 aliphatic heterocycles. The van der Waals surface area contributed by atoms with Gasteiger partial charge in [0.25, 0.3) is 0 Å². The minimum atomic E-state index is -1.05. The number of hydrogen-bond acceptors (Lipinski definition) is 8. The average molecular weight is 473 g/mol. The lowest BCUT2D eigenvalue weighted by molar-refractivity contribution is -0.150. The molecule has 8 nitrogen and oxygen atoms in total. The third kappa shape index (κ3) is 5.21. The van der Waals surface area contributed by atoms with Gasteiger partial charge in [-0.25, -0.2) is 14.4 Å². The van der Waals surface area contributed by atoms with Gasteiger partial charge in [-0.1, -0.05) is 18.2 Å². The molecule has 0 bridgehead atoms. The number of aromatic nitrogens is 2. The summed E-state index contributed by atoms with van der Waals surface area (Å²) in [6.07, 6.45) is 3.80. The Hall–Kier alpha value is -2.62. The summed E-state index contributed by atoms with van der Waals surface area (Å²) in [6.45, 7) is 4.15. The maximum Gasteiger partial charge on any atom is 0.319 e. The summed E-state index contributed by atoms with van der Waals surface area (Å²) >= 11 is 0. The highest BCUT2D eigenvalue weighted by Gasteiger charge is 2.51. The Balaban J connectivity index is 1.71. The monoisotopic (exact) mass is 472 g/mol. The van der Waals surface area contributed by atoms with Crippen molar-refractivity contribution in [2.24, 2.45) is 5.92 Å². The first kappa shape index (κ1) is 24.5. The van der Waals surface area contributed by atoms with Crippen molar-refractivity contribution in [3.05, 3.63) is 53.1 Å². The highest BCUT2D eigenvalue weighted by Crippen LogP contribution is 2.40. The normalized spacial score (nSPS) is 20.6. The zero-order chi connectivity index (χ0) is 24.1. The molecular weight excluding hydrogens is 439 g/mol. The van der Waals surface area contributed by atoms with Crippen LogP contribution in [0.4, 0.5) is 10.3 Å². The molecule has 2 aliphatic rings. The van der Waals surface area contributed by atoms with Gasteiger partial charge in [-0.15, -0.1) is 0 Å². The van der Waals surface area contributed by atoms with Gasteiger partial charge in [0.2, 0.25) is 5.95 Å². The van der Waals surface area contributed by atoms with Crippen molar-refractivity contribution in [3.8, 4) is 0 Å². The first-order chi connectivity index (χ1) is 16.5. The number of hydrogen-bond donors (Lipinski definition) is 1. The number of benzene rings is 1. The van der Waals surface area contributed by atoms with Gasteiger partial charge in [0.1, 0.15) is 11.2 Å². The molecule has 1 unspecified atom stereocenters. The van der Waals surface area contributed by atoms with E-state index < -0.39 is 11.7 Å². The molecule has 9 heteroatoms. The number of nitrogens with zero attached hydrogens (tertiary/aromatic N) is 3. The van der Waals surface area contributed by atoms with Crippen LogP contribution in [-0.2, 0) is 31.0 Å². The molecule has 0 radical (unpaired) electrons. The number of anilines is 1. The first-order valence-electron chi connectivity index (χ1n) is 11.8. The lowest BCUT2D eigenvalue weighted by Crippen LogP contribution is -2.42. The molecule has 34 heavy (non-hydrogen) atoms. The summed E-state index contributed by atoms with van der Waals surface area (Å²) in [4.78, 5) is 24.8. The fourth-order valence-electron chi connectivity index (χ4n) is 4.56. The van der Waals surface area contributed by atoms with Crippen LogP contribution in [0.3, 0.4) is 0 Å². The fraction of sp³-hybridized carbons (Fsp3) is 0.560. The minimum absolute atomic E-state index is 0.249. The van der Waals surface area contributed by atoms with Crippen LogP contribution in [0.1, 0.15) is 49.3 Å². The van der Waals surface area contributed by atoms with Crippen molar-refractivity contribution in [1.82, 2.24) is 14.9 Å². The quantitative estimate of drug-likeness (QED) is 0.393.